The second-order valence-electron chi connectivity index (χ2n) is 8.28. The first kappa shape index (κ1) is 29.0. The molecule has 4 rings (SSSR count). The molecule has 0 aliphatic rings. The summed E-state index contributed by atoms with van der Waals surface area (Å²) < 4.78 is 29.3. The molecule has 0 atom stereocenters. The van der Waals surface area contributed by atoms with E-state index in [9.17, 15) is 23.3 Å². The fourth-order valence-electron chi connectivity index (χ4n) is 3.61. The summed E-state index contributed by atoms with van der Waals surface area (Å²) in [6, 6.07) is 14.2. The zero-order valence-electron chi connectivity index (χ0n) is 21.0. The lowest BCUT2D eigenvalue weighted by Crippen LogP contribution is -2.32. The van der Waals surface area contributed by atoms with Gasteiger partial charge < -0.3 is 0 Å². The Kier molecular flexibility index (Phi) is 9.23. The van der Waals surface area contributed by atoms with Crippen LogP contribution in [-0.2, 0) is 10.0 Å². The number of rotatable bonds is 11. The molecule has 2 heterocycles. The van der Waals surface area contributed by atoms with E-state index in [1.807, 2.05) is 25.1 Å². The van der Waals surface area contributed by atoms with Crippen molar-refractivity contribution >= 4 is 81.1 Å². The van der Waals surface area contributed by atoms with Crippen molar-refractivity contribution in [3.05, 3.63) is 79.6 Å². The summed E-state index contributed by atoms with van der Waals surface area (Å²) in [5.74, 6) is -0.530. The van der Waals surface area contributed by atoms with Crippen molar-refractivity contribution in [3.63, 3.8) is 0 Å². The smallest absolute Gasteiger partial charge is 0.267 e. The maximum Gasteiger partial charge on any atom is 0.324 e. The average molecular weight is 651 g/mol. The number of hydrogen-bond donors (Lipinski definition) is 0. The highest BCUT2D eigenvalue weighted by molar-refractivity contribution is 9.10. The molecule has 0 aliphatic heterocycles. The van der Waals surface area contributed by atoms with Gasteiger partial charge in [0.1, 0.15) is 0 Å². The number of aromatic nitrogens is 1. The first-order valence-corrected chi connectivity index (χ1v) is 15.8. The van der Waals surface area contributed by atoms with Crippen molar-refractivity contribution in [2.24, 2.45) is 5.10 Å². The normalized spacial score (nSPS) is 12.0. The first-order chi connectivity index (χ1) is 18.6. The molecule has 0 saturated carbocycles. The number of nitrogens with zero attached hydrogens (tertiary/aromatic N) is 5. The number of fused-ring (bicyclic) bond motifs is 1. The van der Waals surface area contributed by atoms with Crippen LogP contribution in [-0.4, -0.2) is 47.8 Å². The monoisotopic (exact) mass is 649 g/mol. The minimum atomic E-state index is -3.70. The molecule has 0 aliphatic carbocycles. The van der Waals surface area contributed by atoms with Crippen LogP contribution in [0.1, 0.15) is 41.9 Å². The summed E-state index contributed by atoms with van der Waals surface area (Å²) in [4.78, 5) is 29.3. The van der Waals surface area contributed by atoms with Crippen LogP contribution >= 0.6 is 38.6 Å². The van der Waals surface area contributed by atoms with Gasteiger partial charge in [0.15, 0.2) is 0 Å². The molecule has 2 aromatic heterocycles. The fraction of sp³-hybridized carbons (Fsp3) is 0.240. The lowest BCUT2D eigenvalue weighted by Gasteiger charge is -2.20. The molecule has 0 bridgehead atoms. The molecule has 1 amide bonds. The van der Waals surface area contributed by atoms with Crippen LogP contribution in [0, 0.1) is 10.1 Å². The maximum absolute atomic E-state index is 13.6. The van der Waals surface area contributed by atoms with Crippen molar-refractivity contribution in [2.75, 3.05) is 18.1 Å². The van der Waals surface area contributed by atoms with Crippen molar-refractivity contribution in [2.45, 2.75) is 31.6 Å². The van der Waals surface area contributed by atoms with Crippen LogP contribution in [0.15, 0.2) is 69.1 Å². The van der Waals surface area contributed by atoms with E-state index in [2.05, 4.69) is 26.0 Å². The summed E-state index contributed by atoms with van der Waals surface area (Å²) in [7, 11) is -3.70. The molecule has 204 valence electrons. The van der Waals surface area contributed by atoms with Crippen molar-refractivity contribution in [1.82, 2.24) is 9.29 Å². The Morgan fingerprint density at radius 1 is 1.13 bits per heavy atom. The predicted octanol–water partition coefficient (Wildman–Crippen LogP) is 6.52. The quantitative estimate of drug-likeness (QED) is 0.103. The maximum atomic E-state index is 13.6. The Morgan fingerprint density at radius 3 is 2.51 bits per heavy atom. The van der Waals surface area contributed by atoms with Gasteiger partial charge in [-0.05, 0) is 55.0 Å². The minimum Gasteiger partial charge on any atom is -0.267 e. The van der Waals surface area contributed by atoms with Gasteiger partial charge in [-0.3, -0.25) is 14.9 Å². The molecule has 0 radical (unpaired) electrons. The predicted molar refractivity (Wildman–Crippen MR) is 158 cm³/mol. The SMILES string of the molecule is CCCCN(CC)S(=O)(=O)c1ccc(C(=O)N(/N=C/c2ccc([N+](=O)[O-])s2)c2nc3ccc(Br)cc3s2)cc1. The first-order valence-electron chi connectivity index (χ1n) is 11.9. The van der Waals surface area contributed by atoms with Crippen molar-refractivity contribution in [3.8, 4) is 0 Å². The van der Waals surface area contributed by atoms with E-state index in [1.165, 1.54) is 52.2 Å². The number of thiazole rings is 1. The number of hydrogen-bond acceptors (Lipinski definition) is 9. The van der Waals surface area contributed by atoms with Crippen LogP contribution in [0.4, 0.5) is 10.1 Å². The number of sulfonamides is 1. The van der Waals surface area contributed by atoms with Gasteiger partial charge in [0.2, 0.25) is 15.2 Å². The van der Waals surface area contributed by atoms with Gasteiger partial charge >= 0.3 is 5.00 Å². The van der Waals surface area contributed by atoms with E-state index in [4.69, 9.17) is 0 Å². The summed E-state index contributed by atoms with van der Waals surface area (Å²) in [6.07, 6.45) is 2.99. The van der Waals surface area contributed by atoms with E-state index in [0.717, 1.165) is 38.4 Å². The number of unbranched alkanes of at least 4 members (excludes halogenated alkanes) is 1. The van der Waals surface area contributed by atoms with E-state index >= 15 is 0 Å². The number of carbonyl (C=O) groups excluding carboxylic acids is 1. The van der Waals surface area contributed by atoms with E-state index in [-0.39, 0.29) is 15.5 Å². The highest BCUT2D eigenvalue weighted by Gasteiger charge is 2.25. The lowest BCUT2D eigenvalue weighted by atomic mass is 10.2. The number of halogens is 1. The van der Waals surface area contributed by atoms with Gasteiger partial charge in [-0.25, -0.2) is 13.4 Å². The molecular weight excluding hydrogens is 626 g/mol. The zero-order chi connectivity index (χ0) is 28.2. The number of hydrazone groups is 1. The highest BCUT2D eigenvalue weighted by Crippen LogP contribution is 2.32. The van der Waals surface area contributed by atoms with Gasteiger partial charge in [-0.15, -0.1) is 0 Å². The third-order valence-corrected chi connectivity index (χ3v) is 10.1. The van der Waals surface area contributed by atoms with Crippen LogP contribution in [0.25, 0.3) is 10.2 Å². The summed E-state index contributed by atoms with van der Waals surface area (Å²) in [5, 5.41) is 16.8. The molecule has 4 aromatic rings. The van der Waals surface area contributed by atoms with Crippen LogP contribution in [0.5, 0.6) is 0 Å². The zero-order valence-corrected chi connectivity index (χ0v) is 25.0. The second kappa shape index (κ2) is 12.4. The number of carbonyl (C=O) groups is 1. The molecule has 0 saturated heterocycles. The largest absolute Gasteiger partial charge is 0.324 e. The van der Waals surface area contributed by atoms with Crippen LogP contribution in [0.2, 0.25) is 0 Å². The molecule has 2 aromatic carbocycles. The molecule has 39 heavy (non-hydrogen) atoms. The van der Waals surface area contributed by atoms with Gasteiger partial charge in [-0.1, -0.05) is 58.9 Å². The van der Waals surface area contributed by atoms with E-state index in [0.29, 0.717) is 28.6 Å². The Bertz CT molecular complexity index is 1630. The van der Waals surface area contributed by atoms with Crippen molar-refractivity contribution < 1.29 is 18.1 Å². The summed E-state index contributed by atoms with van der Waals surface area (Å²) >= 11 is 5.61. The fourth-order valence-corrected chi connectivity index (χ4v) is 7.26. The standard InChI is InChI=1S/C25H24BrN5O5S3/c1-3-5-14-29(4-2)39(35,36)20-10-6-17(7-11-20)24(32)30(27-16-19-9-13-23(37-19)31(33)34)25-28-21-12-8-18(26)15-22(21)38-25/h6-13,15-16H,3-5,14H2,1-2H3/b27-16+. The molecule has 0 unspecified atom stereocenters. The van der Waals surface area contributed by atoms with Gasteiger partial charge in [0.05, 0.1) is 31.1 Å². The van der Waals surface area contributed by atoms with Crippen LogP contribution < -0.4 is 5.01 Å². The highest BCUT2D eigenvalue weighted by atomic mass is 79.9. The molecule has 0 fully saturated rings. The van der Waals surface area contributed by atoms with E-state index < -0.39 is 20.9 Å². The topological polar surface area (TPSA) is 126 Å². The molecule has 0 spiro atoms. The third-order valence-electron chi connectivity index (χ3n) is 5.66. The molecule has 10 nitrogen and oxygen atoms in total. The number of amides is 1. The van der Waals surface area contributed by atoms with Crippen molar-refractivity contribution in [1.29, 1.82) is 0 Å². The van der Waals surface area contributed by atoms with Crippen LogP contribution in [0.3, 0.4) is 0 Å². The minimum absolute atomic E-state index is 0.0454. The molecule has 0 N–H and O–H groups in total. The Balaban J connectivity index is 1.68. The number of benzene rings is 2. The van der Waals surface area contributed by atoms with E-state index in [1.54, 1.807) is 13.0 Å². The Morgan fingerprint density at radius 2 is 1.87 bits per heavy atom. The molecule has 14 heteroatoms. The lowest BCUT2D eigenvalue weighted by molar-refractivity contribution is -0.380. The Labute approximate surface area is 241 Å². The average Bonchev–Trinajstić information content (AvgIpc) is 3.56. The summed E-state index contributed by atoms with van der Waals surface area (Å²) in [6.45, 7) is 4.56. The number of nitro groups is 1. The number of thiophene rings is 1. The summed E-state index contributed by atoms with van der Waals surface area (Å²) in [5.41, 5.74) is 0.881. The Hall–Kier alpha value is -3.04. The van der Waals surface area contributed by atoms with Gasteiger partial charge in [0.25, 0.3) is 5.91 Å². The number of anilines is 1. The van der Waals surface area contributed by atoms with Gasteiger partial charge in [0, 0.05) is 29.2 Å². The third kappa shape index (κ3) is 6.58. The van der Waals surface area contributed by atoms with Gasteiger partial charge in [-0.2, -0.15) is 14.4 Å². The second-order valence-corrected chi connectivity index (χ2v) is 13.2. The molecular formula is C25H24BrN5O5S3.